The maximum atomic E-state index is 12.0. The lowest BCUT2D eigenvalue weighted by molar-refractivity contribution is 0.448. The van der Waals surface area contributed by atoms with Crippen molar-refractivity contribution in [2.75, 3.05) is 0 Å². The van der Waals surface area contributed by atoms with Gasteiger partial charge in [0.25, 0.3) is 0 Å². The van der Waals surface area contributed by atoms with Gasteiger partial charge < -0.3 is 14.6 Å². The van der Waals surface area contributed by atoms with Crippen molar-refractivity contribution < 1.29 is 14.6 Å². The quantitative estimate of drug-likeness (QED) is 0.700. The molecule has 0 radical (unpaired) electrons. The van der Waals surface area contributed by atoms with Crippen LogP contribution in [-0.2, 0) is 0 Å². The van der Waals surface area contributed by atoms with Crippen molar-refractivity contribution in [3.8, 4) is 22.8 Å². The minimum Gasteiger partial charge on any atom is -0.508 e. The minimum atomic E-state index is -0.486. The molecule has 3 aromatic rings. The molecule has 3 rings (SSSR count). The van der Waals surface area contributed by atoms with Gasteiger partial charge in [0.15, 0.2) is 5.76 Å². The summed E-state index contributed by atoms with van der Waals surface area (Å²) in [4.78, 5) is 12.0. The van der Waals surface area contributed by atoms with Gasteiger partial charge in [0, 0.05) is 5.56 Å². The molecule has 0 aliphatic rings. The summed E-state index contributed by atoms with van der Waals surface area (Å²) in [5.74, 6) is -0.364. The van der Waals surface area contributed by atoms with Crippen LogP contribution < -0.4 is 5.43 Å². The van der Waals surface area contributed by atoms with Crippen molar-refractivity contribution in [2.45, 2.75) is 0 Å². The van der Waals surface area contributed by atoms with Crippen LogP contribution in [-0.4, -0.2) is 10.2 Å². The van der Waals surface area contributed by atoms with Crippen LogP contribution in [0.4, 0.5) is 0 Å². The molecule has 0 spiro atoms. The van der Waals surface area contributed by atoms with Crippen molar-refractivity contribution in [1.82, 2.24) is 0 Å². The molecule has 2 aromatic carbocycles. The molecular formula is C15H10O4. The lowest BCUT2D eigenvalue weighted by atomic mass is 10.1. The average Bonchev–Trinajstić information content (AvgIpc) is 2.43. The lowest BCUT2D eigenvalue weighted by Crippen LogP contribution is -2.02. The standard InChI is InChI=1S/C15H10O4/c16-10-5-3-4-9(8-10)15-14(18)13(17)11-6-1-2-7-12(11)19-15/h1-8,16,18H. The molecule has 1 aromatic heterocycles. The third-order valence-electron chi connectivity index (χ3n) is 2.88. The number of benzene rings is 2. The van der Waals surface area contributed by atoms with Crippen LogP contribution >= 0.6 is 0 Å². The SMILES string of the molecule is O=c1c(O)c(-c2cccc(O)c2)oc2ccccc12. The van der Waals surface area contributed by atoms with Gasteiger partial charge in [-0.25, -0.2) is 0 Å². The van der Waals surface area contributed by atoms with Gasteiger partial charge in [-0.15, -0.1) is 0 Å². The number of rotatable bonds is 1. The van der Waals surface area contributed by atoms with E-state index in [-0.39, 0.29) is 11.5 Å². The monoisotopic (exact) mass is 254 g/mol. The lowest BCUT2D eigenvalue weighted by Gasteiger charge is -2.06. The Kier molecular flexibility index (Phi) is 2.49. The Hall–Kier alpha value is -2.75. The van der Waals surface area contributed by atoms with Crippen molar-refractivity contribution in [1.29, 1.82) is 0 Å². The van der Waals surface area contributed by atoms with Crippen LogP contribution in [0, 0.1) is 0 Å². The molecule has 0 fully saturated rings. The summed E-state index contributed by atoms with van der Waals surface area (Å²) in [5.41, 5.74) is 0.351. The largest absolute Gasteiger partial charge is 0.508 e. The summed E-state index contributed by atoms with van der Waals surface area (Å²) in [7, 11) is 0. The van der Waals surface area contributed by atoms with Crippen molar-refractivity contribution in [2.24, 2.45) is 0 Å². The minimum absolute atomic E-state index is 0.0349. The Labute approximate surface area is 108 Å². The summed E-state index contributed by atoms with van der Waals surface area (Å²) in [6, 6.07) is 12.9. The van der Waals surface area contributed by atoms with Gasteiger partial charge >= 0.3 is 0 Å². The number of para-hydroxylation sites is 1. The Balaban J connectivity index is 2.36. The second-order valence-corrected chi connectivity index (χ2v) is 4.16. The van der Waals surface area contributed by atoms with E-state index in [4.69, 9.17) is 4.42 Å². The predicted molar refractivity (Wildman–Crippen MR) is 71.2 cm³/mol. The number of phenolic OH excluding ortho intramolecular Hbond substituents is 1. The highest BCUT2D eigenvalue weighted by Gasteiger charge is 2.14. The molecule has 4 nitrogen and oxygen atoms in total. The number of hydrogen-bond donors (Lipinski definition) is 2. The maximum absolute atomic E-state index is 12.0. The molecule has 2 N–H and O–H groups in total. The first-order valence-electron chi connectivity index (χ1n) is 5.71. The number of phenols is 1. The Bertz CT molecular complexity index is 818. The Morgan fingerprint density at radius 1 is 0.947 bits per heavy atom. The van der Waals surface area contributed by atoms with E-state index in [1.165, 1.54) is 12.1 Å². The highest BCUT2D eigenvalue weighted by molar-refractivity contribution is 5.81. The van der Waals surface area contributed by atoms with Crippen LogP contribution in [0.1, 0.15) is 0 Å². The maximum Gasteiger partial charge on any atom is 0.235 e. The Morgan fingerprint density at radius 2 is 1.74 bits per heavy atom. The summed E-state index contributed by atoms with van der Waals surface area (Å²) in [6.07, 6.45) is 0. The first-order chi connectivity index (χ1) is 9.16. The average molecular weight is 254 g/mol. The first-order valence-corrected chi connectivity index (χ1v) is 5.71. The third-order valence-corrected chi connectivity index (χ3v) is 2.88. The molecule has 1 heterocycles. The van der Waals surface area contributed by atoms with E-state index >= 15 is 0 Å². The van der Waals surface area contributed by atoms with Crippen LogP contribution in [0.5, 0.6) is 11.5 Å². The highest BCUT2D eigenvalue weighted by Crippen LogP contribution is 2.31. The zero-order valence-electron chi connectivity index (χ0n) is 9.83. The molecule has 0 aliphatic heterocycles. The molecular weight excluding hydrogens is 244 g/mol. The number of hydrogen-bond acceptors (Lipinski definition) is 4. The summed E-state index contributed by atoms with van der Waals surface area (Å²) in [6.45, 7) is 0. The van der Waals surface area contributed by atoms with Gasteiger partial charge in [-0.05, 0) is 24.3 Å². The van der Waals surface area contributed by atoms with E-state index in [1.54, 1.807) is 36.4 Å². The van der Waals surface area contributed by atoms with Gasteiger partial charge in [0.05, 0.1) is 5.39 Å². The normalized spacial score (nSPS) is 10.7. The zero-order valence-corrected chi connectivity index (χ0v) is 9.83. The van der Waals surface area contributed by atoms with E-state index in [9.17, 15) is 15.0 Å². The van der Waals surface area contributed by atoms with Crippen LogP contribution in [0.2, 0.25) is 0 Å². The van der Waals surface area contributed by atoms with Gasteiger partial charge in [-0.1, -0.05) is 24.3 Å². The molecule has 0 bridgehead atoms. The smallest absolute Gasteiger partial charge is 0.235 e. The fourth-order valence-electron chi connectivity index (χ4n) is 1.97. The molecule has 94 valence electrons. The number of fused-ring (bicyclic) bond motifs is 1. The van der Waals surface area contributed by atoms with E-state index in [0.717, 1.165) is 0 Å². The topological polar surface area (TPSA) is 70.7 Å². The molecule has 0 atom stereocenters. The van der Waals surface area contributed by atoms with Gasteiger partial charge in [0.2, 0.25) is 11.2 Å². The van der Waals surface area contributed by atoms with Crippen molar-refractivity contribution in [3.63, 3.8) is 0 Å². The summed E-state index contributed by atoms with van der Waals surface area (Å²) >= 11 is 0. The summed E-state index contributed by atoms with van der Waals surface area (Å²) in [5, 5.41) is 19.7. The fourth-order valence-corrected chi connectivity index (χ4v) is 1.97. The van der Waals surface area contributed by atoms with E-state index in [1.807, 2.05) is 0 Å². The van der Waals surface area contributed by atoms with E-state index in [0.29, 0.717) is 16.5 Å². The molecule has 0 aliphatic carbocycles. The zero-order chi connectivity index (χ0) is 13.4. The second kappa shape index (κ2) is 4.17. The van der Waals surface area contributed by atoms with Crippen molar-refractivity contribution in [3.05, 3.63) is 58.8 Å². The summed E-state index contributed by atoms with van der Waals surface area (Å²) < 4.78 is 5.55. The first kappa shape index (κ1) is 11.3. The van der Waals surface area contributed by atoms with Crippen LogP contribution in [0.15, 0.2) is 57.7 Å². The third kappa shape index (κ3) is 1.83. The van der Waals surface area contributed by atoms with Gasteiger partial charge in [-0.3, -0.25) is 4.79 Å². The molecule has 0 amide bonds. The molecule has 0 saturated carbocycles. The highest BCUT2D eigenvalue weighted by atomic mass is 16.4. The van der Waals surface area contributed by atoms with Crippen LogP contribution in [0.25, 0.3) is 22.3 Å². The molecule has 0 unspecified atom stereocenters. The van der Waals surface area contributed by atoms with E-state index in [2.05, 4.69) is 0 Å². The Morgan fingerprint density at radius 3 is 2.53 bits per heavy atom. The fraction of sp³-hybridized carbons (Fsp3) is 0. The van der Waals surface area contributed by atoms with Crippen molar-refractivity contribution >= 4 is 11.0 Å². The van der Waals surface area contributed by atoms with Gasteiger partial charge in [-0.2, -0.15) is 0 Å². The van der Waals surface area contributed by atoms with Crippen LogP contribution in [0.3, 0.4) is 0 Å². The van der Waals surface area contributed by atoms with E-state index < -0.39 is 11.2 Å². The number of aromatic hydroxyl groups is 2. The predicted octanol–water partition coefficient (Wildman–Crippen LogP) is 2.87. The molecule has 4 heteroatoms. The molecule has 0 saturated heterocycles. The second-order valence-electron chi connectivity index (χ2n) is 4.16. The van der Waals surface area contributed by atoms with Gasteiger partial charge in [0.1, 0.15) is 11.3 Å². The molecule has 19 heavy (non-hydrogen) atoms.